The Morgan fingerprint density at radius 3 is 2.11 bits per heavy atom. The van der Waals surface area contributed by atoms with Gasteiger partial charge in [0.05, 0.1) is 23.5 Å². The second-order valence-electron chi connectivity index (χ2n) is 6.47. The highest BCUT2D eigenvalue weighted by Crippen LogP contribution is 2.27. The van der Waals surface area contributed by atoms with Crippen LogP contribution in [0.25, 0.3) is 5.70 Å². The van der Waals surface area contributed by atoms with Gasteiger partial charge in [0.1, 0.15) is 0 Å². The summed E-state index contributed by atoms with van der Waals surface area (Å²) in [5, 5.41) is 0. The molecule has 1 aliphatic heterocycles. The molecule has 4 heteroatoms. The second-order valence-corrected chi connectivity index (χ2v) is 7.32. The number of allylic oxidation sites excluding steroid dienone is 1. The fourth-order valence-electron chi connectivity index (χ4n) is 3.27. The van der Waals surface area contributed by atoms with Gasteiger partial charge >= 0.3 is 0 Å². The first-order chi connectivity index (χ1) is 13.7. The third-order valence-corrected chi connectivity index (χ3v) is 5.35. The van der Waals surface area contributed by atoms with Gasteiger partial charge in [0.2, 0.25) is 0 Å². The summed E-state index contributed by atoms with van der Waals surface area (Å²) in [4.78, 5) is 20.0. The molecule has 0 fully saturated rings. The standard InChI is InChI=1S/C24H19BrN2O/c25-21-14-8-7-13-20(21)24(28)27-16-15-26-22(18-9-3-1-4-10-18)17-23(27)19-11-5-2-6-12-19/h1-14,17H,15-16H2. The zero-order valence-corrected chi connectivity index (χ0v) is 16.8. The van der Waals surface area contributed by atoms with Crippen molar-refractivity contribution in [3.05, 3.63) is 112 Å². The van der Waals surface area contributed by atoms with E-state index in [1.54, 1.807) is 0 Å². The molecule has 0 N–H and O–H groups in total. The van der Waals surface area contributed by atoms with Crippen molar-refractivity contribution >= 4 is 33.2 Å². The van der Waals surface area contributed by atoms with E-state index in [1.165, 1.54) is 0 Å². The maximum absolute atomic E-state index is 13.4. The number of nitrogens with zero attached hydrogens (tertiary/aromatic N) is 2. The Balaban J connectivity index is 1.80. The Labute approximate surface area is 173 Å². The van der Waals surface area contributed by atoms with E-state index in [2.05, 4.69) is 15.9 Å². The number of hydrogen-bond donors (Lipinski definition) is 0. The molecule has 0 aromatic heterocycles. The lowest BCUT2D eigenvalue weighted by molar-refractivity contribution is 0.0838. The average Bonchev–Trinajstić information content (AvgIpc) is 2.98. The minimum Gasteiger partial charge on any atom is -0.306 e. The van der Waals surface area contributed by atoms with E-state index in [-0.39, 0.29) is 5.91 Å². The molecule has 3 nitrogen and oxygen atoms in total. The van der Waals surface area contributed by atoms with Gasteiger partial charge in [-0.3, -0.25) is 9.79 Å². The largest absolute Gasteiger partial charge is 0.306 e. The normalized spacial score (nSPS) is 14.1. The molecule has 3 aromatic carbocycles. The van der Waals surface area contributed by atoms with Crippen LogP contribution in [-0.4, -0.2) is 29.6 Å². The number of benzene rings is 3. The zero-order chi connectivity index (χ0) is 19.3. The van der Waals surface area contributed by atoms with Crippen LogP contribution in [0.15, 0.2) is 100 Å². The summed E-state index contributed by atoms with van der Waals surface area (Å²) >= 11 is 3.51. The van der Waals surface area contributed by atoms with Crippen molar-refractivity contribution in [1.82, 2.24) is 4.90 Å². The van der Waals surface area contributed by atoms with E-state index in [4.69, 9.17) is 4.99 Å². The Morgan fingerprint density at radius 1 is 0.821 bits per heavy atom. The Bertz CT molecular complexity index is 1040. The molecule has 0 saturated carbocycles. The van der Waals surface area contributed by atoms with Crippen molar-refractivity contribution in [2.75, 3.05) is 13.1 Å². The number of rotatable bonds is 3. The van der Waals surface area contributed by atoms with Gasteiger partial charge in [0.25, 0.3) is 5.91 Å². The maximum Gasteiger partial charge on any atom is 0.259 e. The van der Waals surface area contributed by atoms with Crippen molar-refractivity contribution in [2.45, 2.75) is 0 Å². The average molecular weight is 431 g/mol. The van der Waals surface area contributed by atoms with Gasteiger partial charge in [-0.1, -0.05) is 72.8 Å². The first kappa shape index (κ1) is 18.4. The topological polar surface area (TPSA) is 32.7 Å². The van der Waals surface area contributed by atoms with E-state index in [0.717, 1.165) is 27.0 Å². The second kappa shape index (κ2) is 8.36. The van der Waals surface area contributed by atoms with Crippen LogP contribution in [0, 0.1) is 0 Å². The number of aliphatic imine (C=N–C) groups is 1. The Hall–Kier alpha value is -2.98. The third-order valence-electron chi connectivity index (χ3n) is 4.66. The number of amides is 1. The molecule has 1 aliphatic rings. The molecule has 0 aliphatic carbocycles. The maximum atomic E-state index is 13.4. The van der Waals surface area contributed by atoms with E-state index >= 15 is 0 Å². The van der Waals surface area contributed by atoms with Crippen LogP contribution in [0.2, 0.25) is 0 Å². The molecule has 0 saturated heterocycles. The van der Waals surface area contributed by atoms with Gasteiger partial charge in [0.15, 0.2) is 0 Å². The number of hydrogen-bond acceptors (Lipinski definition) is 2. The lowest BCUT2D eigenvalue weighted by Crippen LogP contribution is -2.31. The molecule has 1 amide bonds. The summed E-state index contributed by atoms with van der Waals surface area (Å²) in [5.74, 6) is -0.0351. The van der Waals surface area contributed by atoms with E-state index in [9.17, 15) is 4.79 Å². The number of carbonyl (C=O) groups excluding carboxylic acids is 1. The predicted octanol–water partition coefficient (Wildman–Crippen LogP) is 5.44. The van der Waals surface area contributed by atoms with Crippen molar-refractivity contribution in [2.24, 2.45) is 4.99 Å². The van der Waals surface area contributed by atoms with Gasteiger partial charge in [-0.2, -0.15) is 0 Å². The smallest absolute Gasteiger partial charge is 0.259 e. The van der Waals surface area contributed by atoms with Crippen LogP contribution in [-0.2, 0) is 0 Å². The van der Waals surface area contributed by atoms with Crippen LogP contribution in [0.4, 0.5) is 0 Å². The van der Waals surface area contributed by atoms with Crippen molar-refractivity contribution in [1.29, 1.82) is 0 Å². The molecule has 0 atom stereocenters. The van der Waals surface area contributed by atoms with E-state index < -0.39 is 0 Å². The minimum atomic E-state index is -0.0351. The van der Waals surface area contributed by atoms with E-state index in [1.807, 2.05) is 95.9 Å². The molecule has 1 heterocycles. The van der Waals surface area contributed by atoms with Crippen LogP contribution in [0.5, 0.6) is 0 Å². The summed E-state index contributed by atoms with van der Waals surface area (Å²) in [5.41, 5.74) is 4.44. The summed E-state index contributed by atoms with van der Waals surface area (Å²) in [6.45, 7) is 1.07. The van der Waals surface area contributed by atoms with Gasteiger partial charge in [-0.25, -0.2) is 0 Å². The fourth-order valence-corrected chi connectivity index (χ4v) is 3.72. The monoisotopic (exact) mass is 430 g/mol. The molecule has 0 spiro atoms. The molecule has 138 valence electrons. The first-order valence-corrected chi connectivity index (χ1v) is 9.97. The Kier molecular flexibility index (Phi) is 5.49. The summed E-state index contributed by atoms with van der Waals surface area (Å²) < 4.78 is 0.792. The minimum absolute atomic E-state index is 0.0351. The van der Waals surface area contributed by atoms with Gasteiger partial charge in [-0.05, 0) is 45.3 Å². The highest BCUT2D eigenvalue weighted by Gasteiger charge is 2.24. The fraction of sp³-hybridized carbons (Fsp3) is 0.0833. The molecule has 0 bridgehead atoms. The molecule has 0 radical (unpaired) electrons. The lowest BCUT2D eigenvalue weighted by atomic mass is 10.0. The number of halogens is 1. The van der Waals surface area contributed by atoms with Gasteiger partial charge < -0.3 is 4.90 Å². The predicted molar refractivity (Wildman–Crippen MR) is 117 cm³/mol. The SMILES string of the molecule is O=C(c1ccccc1Br)N1CCN=C(c2ccccc2)C=C1c1ccccc1. The highest BCUT2D eigenvalue weighted by molar-refractivity contribution is 9.10. The van der Waals surface area contributed by atoms with Crippen molar-refractivity contribution in [3.63, 3.8) is 0 Å². The molecule has 0 unspecified atom stereocenters. The highest BCUT2D eigenvalue weighted by atomic mass is 79.9. The Morgan fingerprint density at radius 2 is 1.43 bits per heavy atom. The third kappa shape index (κ3) is 3.82. The van der Waals surface area contributed by atoms with Crippen LogP contribution >= 0.6 is 15.9 Å². The zero-order valence-electron chi connectivity index (χ0n) is 15.3. The van der Waals surface area contributed by atoms with Crippen molar-refractivity contribution in [3.8, 4) is 0 Å². The van der Waals surface area contributed by atoms with Crippen LogP contribution in [0.1, 0.15) is 21.5 Å². The van der Waals surface area contributed by atoms with Crippen molar-refractivity contribution < 1.29 is 4.79 Å². The molecular weight excluding hydrogens is 412 g/mol. The summed E-state index contributed by atoms with van der Waals surface area (Å²) in [6.07, 6.45) is 2.02. The summed E-state index contributed by atoms with van der Waals surface area (Å²) in [6, 6.07) is 27.6. The number of carbonyl (C=O) groups is 1. The summed E-state index contributed by atoms with van der Waals surface area (Å²) in [7, 11) is 0. The van der Waals surface area contributed by atoms with E-state index in [0.29, 0.717) is 18.7 Å². The lowest BCUT2D eigenvalue weighted by Gasteiger charge is -2.25. The van der Waals surface area contributed by atoms with Gasteiger partial charge in [-0.15, -0.1) is 0 Å². The molecular formula is C24H19BrN2O. The van der Waals surface area contributed by atoms with Gasteiger partial charge in [0, 0.05) is 11.0 Å². The quantitative estimate of drug-likeness (QED) is 0.544. The molecule has 3 aromatic rings. The molecule has 28 heavy (non-hydrogen) atoms. The molecule has 4 rings (SSSR count). The first-order valence-electron chi connectivity index (χ1n) is 9.17. The van der Waals surface area contributed by atoms with Crippen LogP contribution < -0.4 is 0 Å². The van der Waals surface area contributed by atoms with Crippen LogP contribution in [0.3, 0.4) is 0 Å².